The number of fused-ring (bicyclic) bond motifs is 1. The number of amides is 1. The van der Waals surface area contributed by atoms with Crippen LogP contribution >= 0.6 is 0 Å². The first-order valence-electron chi connectivity index (χ1n) is 11.7. The molecule has 3 aromatic rings. The molecule has 8 heteroatoms. The predicted octanol–water partition coefficient (Wildman–Crippen LogP) is 0.966. The molecular weight excluding hydrogens is 444 g/mol. The third kappa shape index (κ3) is 4.70. The van der Waals surface area contributed by atoms with E-state index in [1.165, 1.54) is 9.80 Å². The average Bonchev–Trinajstić information content (AvgIpc) is 3.31. The summed E-state index contributed by atoms with van der Waals surface area (Å²) in [6, 6.07) is 11.8. The topological polar surface area (TPSA) is 91.4 Å². The maximum atomic E-state index is 13.9. The molecule has 0 aliphatic carbocycles. The molecule has 1 saturated heterocycles. The van der Waals surface area contributed by atoms with Crippen molar-refractivity contribution in [3.05, 3.63) is 83.8 Å². The number of hydrogen-bond acceptors (Lipinski definition) is 5. The zero-order chi connectivity index (χ0) is 25.1. The Morgan fingerprint density at radius 3 is 2.63 bits per heavy atom. The van der Waals surface area contributed by atoms with Crippen LogP contribution in [0.2, 0.25) is 0 Å². The lowest BCUT2D eigenvalue weighted by molar-refractivity contribution is -0.858. The minimum atomic E-state index is -0.776. The van der Waals surface area contributed by atoms with Crippen LogP contribution in [-0.4, -0.2) is 59.8 Å². The van der Waals surface area contributed by atoms with Gasteiger partial charge in [0.15, 0.2) is 0 Å². The highest BCUT2D eigenvalue weighted by Gasteiger charge is 2.44. The molecule has 35 heavy (non-hydrogen) atoms. The maximum Gasteiger partial charge on any atom is 0.295 e. The van der Waals surface area contributed by atoms with Gasteiger partial charge >= 0.3 is 0 Å². The molecule has 2 aromatic heterocycles. The highest BCUT2D eigenvalue weighted by atomic mass is 16.5. The molecule has 4 rings (SSSR count). The number of pyridine rings is 1. The number of likely N-dealkylation sites (tertiary alicyclic amines) is 1. The zero-order valence-corrected chi connectivity index (χ0v) is 20.3. The lowest BCUT2D eigenvalue weighted by Gasteiger charge is -2.27. The molecule has 1 unspecified atom stereocenters. The van der Waals surface area contributed by atoms with Gasteiger partial charge in [0.2, 0.25) is 5.78 Å². The zero-order valence-electron chi connectivity index (χ0n) is 20.3. The Kier molecular flexibility index (Phi) is 7.02. The van der Waals surface area contributed by atoms with Crippen LogP contribution in [0.25, 0.3) is 11.4 Å². The Balaban J connectivity index is 1.83. The van der Waals surface area contributed by atoms with E-state index in [4.69, 9.17) is 4.74 Å². The van der Waals surface area contributed by atoms with Crippen LogP contribution in [-0.2, 0) is 9.59 Å². The molecule has 3 heterocycles. The number of aryl methyl sites for hydroxylation is 1. The standard InChI is InChI=1S/C27H30N4O4/c1-5-17-35-20-12-10-19(11-13-20)24-22(26(33)27(34)31(24)16-8-14-29(3)4)25(32)23-18(2)28-21-9-6-7-15-30(21)23/h5-7,9-13,15,24,32H,1,8,14,16-17H2,2-4H3/b25-22+. The lowest BCUT2D eigenvalue weighted by Crippen LogP contribution is -3.05. The number of hydrogen-bond donors (Lipinski definition) is 1. The smallest absolute Gasteiger partial charge is 0.295 e. The van der Waals surface area contributed by atoms with Crippen LogP contribution < -0.4 is 14.7 Å². The number of aromatic nitrogens is 2. The Morgan fingerprint density at radius 2 is 1.94 bits per heavy atom. The molecule has 1 N–H and O–H groups in total. The fourth-order valence-electron chi connectivity index (χ4n) is 4.47. The highest BCUT2D eigenvalue weighted by Crippen LogP contribution is 2.39. The van der Waals surface area contributed by atoms with Crippen molar-refractivity contribution in [2.45, 2.75) is 19.4 Å². The van der Waals surface area contributed by atoms with Gasteiger partial charge in [0.1, 0.15) is 18.0 Å². The van der Waals surface area contributed by atoms with Crippen molar-refractivity contribution in [1.82, 2.24) is 14.3 Å². The minimum Gasteiger partial charge on any atom is -0.871 e. The van der Waals surface area contributed by atoms with E-state index in [0.717, 1.165) is 6.54 Å². The fourth-order valence-corrected chi connectivity index (χ4v) is 4.47. The van der Waals surface area contributed by atoms with Crippen molar-refractivity contribution in [2.75, 3.05) is 33.8 Å². The van der Waals surface area contributed by atoms with E-state index < -0.39 is 23.5 Å². The number of quaternary nitrogens is 1. The molecule has 1 aliphatic heterocycles. The van der Waals surface area contributed by atoms with Crippen molar-refractivity contribution < 1.29 is 24.3 Å². The number of carbonyl (C=O) groups excluding carboxylic acids is 2. The Morgan fingerprint density at radius 1 is 1.20 bits per heavy atom. The molecule has 0 bridgehead atoms. The summed E-state index contributed by atoms with van der Waals surface area (Å²) in [4.78, 5) is 33.6. The molecule has 1 amide bonds. The highest BCUT2D eigenvalue weighted by molar-refractivity contribution is 6.46. The van der Waals surface area contributed by atoms with Crippen LogP contribution in [0.15, 0.2) is 66.9 Å². The number of ketones is 1. The van der Waals surface area contributed by atoms with E-state index in [1.54, 1.807) is 60.0 Å². The molecule has 1 fully saturated rings. The second-order valence-corrected chi connectivity index (χ2v) is 8.93. The predicted molar refractivity (Wildman–Crippen MR) is 131 cm³/mol. The summed E-state index contributed by atoms with van der Waals surface area (Å²) in [5.41, 5.74) is 2.06. The van der Waals surface area contributed by atoms with Crippen LogP contribution in [0.1, 0.15) is 29.4 Å². The fraction of sp³-hybridized carbons (Fsp3) is 0.296. The van der Waals surface area contributed by atoms with Gasteiger partial charge < -0.3 is 24.0 Å². The summed E-state index contributed by atoms with van der Waals surface area (Å²) >= 11 is 0. The SMILES string of the molecule is C=CCOc1ccc(C2/C(=C(\[O-])c3c(C)nc4ccccn34)C(=O)C(=O)N2CCC[NH+](C)C)cc1. The van der Waals surface area contributed by atoms with E-state index in [9.17, 15) is 14.7 Å². The van der Waals surface area contributed by atoms with Crippen LogP contribution in [0.4, 0.5) is 0 Å². The Bertz CT molecular complexity index is 1290. The first kappa shape index (κ1) is 24.2. The summed E-state index contributed by atoms with van der Waals surface area (Å²) in [5, 5.41) is 13.9. The van der Waals surface area contributed by atoms with E-state index in [2.05, 4.69) is 11.6 Å². The number of carbonyl (C=O) groups is 2. The van der Waals surface area contributed by atoms with Gasteiger partial charge in [-0.1, -0.05) is 36.6 Å². The number of nitrogens with zero attached hydrogens (tertiary/aromatic N) is 3. The summed E-state index contributed by atoms with van der Waals surface area (Å²) in [6.45, 7) is 6.95. The molecule has 1 aliphatic rings. The summed E-state index contributed by atoms with van der Waals surface area (Å²) in [6.07, 6.45) is 4.09. The normalized spacial score (nSPS) is 17.5. The largest absolute Gasteiger partial charge is 0.871 e. The first-order chi connectivity index (χ1) is 16.8. The van der Waals surface area contributed by atoms with Gasteiger partial charge in [0, 0.05) is 24.7 Å². The van der Waals surface area contributed by atoms with Crippen molar-refractivity contribution in [2.24, 2.45) is 0 Å². The van der Waals surface area contributed by atoms with Crippen LogP contribution in [0, 0.1) is 6.92 Å². The second-order valence-electron chi connectivity index (χ2n) is 8.93. The first-order valence-corrected chi connectivity index (χ1v) is 11.7. The van der Waals surface area contributed by atoms with Crippen molar-refractivity contribution in [3.63, 3.8) is 0 Å². The molecule has 0 spiro atoms. The molecule has 0 radical (unpaired) electrons. The van der Waals surface area contributed by atoms with Gasteiger partial charge in [-0.15, -0.1) is 0 Å². The molecule has 8 nitrogen and oxygen atoms in total. The van der Waals surface area contributed by atoms with Crippen molar-refractivity contribution in [3.8, 4) is 5.75 Å². The van der Waals surface area contributed by atoms with E-state index in [0.29, 0.717) is 47.9 Å². The molecule has 182 valence electrons. The third-order valence-corrected chi connectivity index (χ3v) is 6.09. The van der Waals surface area contributed by atoms with Gasteiger partial charge in [0.05, 0.1) is 38.1 Å². The van der Waals surface area contributed by atoms with Gasteiger partial charge in [-0.25, -0.2) is 4.98 Å². The Labute approximate surface area is 204 Å². The monoisotopic (exact) mass is 474 g/mol. The number of rotatable bonds is 9. The minimum absolute atomic E-state index is 0.0410. The maximum absolute atomic E-state index is 13.9. The second kappa shape index (κ2) is 10.1. The average molecular weight is 475 g/mol. The van der Waals surface area contributed by atoms with Crippen molar-refractivity contribution >= 4 is 23.1 Å². The van der Waals surface area contributed by atoms with Gasteiger partial charge in [-0.3, -0.25) is 9.59 Å². The van der Waals surface area contributed by atoms with Gasteiger partial charge in [-0.05, 0) is 36.8 Å². The number of benzene rings is 1. The van der Waals surface area contributed by atoms with Crippen molar-refractivity contribution in [1.29, 1.82) is 0 Å². The molecule has 1 atom stereocenters. The molecular formula is C27H30N4O4. The third-order valence-electron chi connectivity index (χ3n) is 6.09. The lowest BCUT2D eigenvalue weighted by atomic mass is 9.96. The van der Waals surface area contributed by atoms with Crippen LogP contribution in [0.3, 0.4) is 0 Å². The molecule has 0 saturated carbocycles. The Hall–Kier alpha value is -3.91. The van der Waals surface area contributed by atoms with E-state index >= 15 is 0 Å². The van der Waals surface area contributed by atoms with E-state index in [-0.39, 0.29) is 5.57 Å². The summed E-state index contributed by atoms with van der Waals surface area (Å²) < 4.78 is 7.25. The number of Topliss-reactive ketones (excluding diaryl/α,β-unsaturated/α-hetero) is 1. The number of imidazole rings is 1. The summed E-state index contributed by atoms with van der Waals surface area (Å²) in [5.74, 6) is -1.24. The number of nitrogens with one attached hydrogen (secondary N) is 1. The van der Waals surface area contributed by atoms with Gasteiger partial charge in [-0.2, -0.15) is 0 Å². The number of ether oxygens (including phenoxy) is 1. The quantitative estimate of drug-likeness (QED) is 0.216. The van der Waals surface area contributed by atoms with E-state index in [1.807, 2.05) is 20.2 Å². The summed E-state index contributed by atoms with van der Waals surface area (Å²) in [7, 11) is 4.07. The van der Waals surface area contributed by atoms with Gasteiger partial charge in [0.25, 0.3) is 5.91 Å². The van der Waals surface area contributed by atoms with Crippen LogP contribution in [0.5, 0.6) is 5.75 Å². The molecule has 1 aromatic carbocycles.